The highest BCUT2D eigenvalue weighted by Crippen LogP contribution is 2.30. The second kappa shape index (κ2) is 6.17. The van der Waals surface area contributed by atoms with Crippen LogP contribution in [-0.4, -0.2) is 29.8 Å². The number of rotatable bonds is 6. The number of benzene rings is 1. The number of nitrogens with one attached hydrogen (secondary N) is 1. The molecule has 1 N–H and O–H groups in total. The first-order valence-electron chi connectivity index (χ1n) is 7.10. The quantitative estimate of drug-likeness (QED) is 0.737. The first kappa shape index (κ1) is 15.8. The lowest BCUT2D eigenvalue weighted by molar-refractivity contribution is 0.341. The Morgan fingerprint density at radius 1 is 1.35 bits per heavy atom. The Kier molecular flexibility index (Phi) is 4.22. The molecule has 2 aromatic heterocycles. The fourth-order valence-corrected chi connectivity index (χ4v) is 4.12. The van der Waals surface area contributed by atoms with Gasteiger partial charge in [0.2, 0.25) is 0 Å². The molecule has 2 heterocycles. The van der Waals surface area contributed by atoms with E-state index >= 15 is 0 Å². The van der Waals surface area contributed by atoms with E-state index in [0.29, 0.717) is 18.3 Å². The van der Waals surface area contributed by atoms with Crippen molar-refractivity contribution in [3.63, 3.8) is 0 Å². The topological polar surface area (TPSA) is 86.1 Å². The van der Waals surface area contributed by atoms with Gasteiger partial charge in [-0.25, -0.2) is 13.4 Å². The van der Waals surface area contributed by atoms with Crippen LogP contribution in [0.5, 0.6) is 5.75 Å². The monoisotopic (exact) mass is 352 g/mol. The third-order valence-electron chi connectivity index (χ3n) is 3.14. The van der Waals surface area contributed by atoms with Gasteiger partial charge in [0.15, 0.2) is 5.13 Å². The maximum absolute atomic E-state index is 12.4. The Morgan fingerprint density at radius 2 is 2.17 bits per heavy atom. The fraction of sp³-hybridized carbons (Fsp3) is 0.286. The number of hydrogen-bond acceptors (Lipinski definition) is 6. The standard InChI is InChI=1S/C14H16N4O3S2/c1-3-18-9-11(8-15-18)23(19,20)17-14-16-12-6-5-10(21-4-2)7-13(12)22-14/h5-9H,3-4H2,1-2H3,(H,16,17). The predicted molar refractivity (Wildman–Crippen MR) is 89.5 cm³/mol. The van der Waals surface area contributed by atoms with Crippen molar-refractivity contribution in [1.82, 2.24) is 14.8 Å². The van der Waals surface area contributed by atoms with E-state index < -0.39 is 10.0 Å². The van der Waals surface area contributed by atoms with Crippen molar-refractivity contribution in [3.8, 4) is 5.75 Å². The molecular formula is C14H16N4O3S2. The van der Waals surface area contributed by atoms with E-state index in [0.717, 1.165) is 16.0 Å². The lowest BCUT2D eigenvalue weighted by atomic mass is 10.3. The summed E-state index contributed by atoms with van der Waals surface area (Å²) in [7, 11) is -3.69. The number of sulfonamides is 1. The molecule has 7 nitrogen and oxygen atoms in total. The smallest absolute Gasteiger partial charge is 0.266 e. The molecule has 122 valence electrons. The van der Waals surface area contributed by atoms with E-state index in [9.17, 15) is 8.42 Å². The number of ether oxygens (including phenoxy) is 1. The number of aromatic nitrogens is 3. The van der Waals surface area contributed by atoms with Crippen molar-refractivity contribution in [1.29, 1.82) is 0 Å². The Bertz CT molecular complexity index is 931. The third kappa shape index (κ3) is 3.30. The highest BCUT2D eigenvalue weighted by atomic mass is 32.2. The largest absolute Gasteiger partial charge is 0.494 e. The minimum Gasteiger partial charge on any atom is -0.494 e. The maximum atomic E-state index is 12.4. The average Bonchev–Trinajstić information content (AvgIpc) is 3.12. The molecular weight excluding hydrogens is 336 g/mol. The van der Waals surface area contributed by atoms with Gasteiger partial charge in [-0.1, -0.05) is 11.3 Å². The van der Waals surface area contributed by atoms with Gasteiger partial charge >= 0.3 is 0 Å². The molecule has 0 radical (unpaired) electrons. The first-order chi connectivity index (χ1) is 11.0. The van der Waals surface area contributed by atoms with Gasteiger partial charge in [0.25, 0.3) is 10.0 Å². The molecule has 3 rings (SSSR count). The summed E-state index contributed by atoms with van der Waals surface area (Å²) in [5.74, 6) is 0.738. The van der Waals surface area contributed by atoms with Crippen LogP contribution in [0.1, 0.15) is 13.8 Å². The molecule has 3 aromatic rings. The molecule has 0 aliphatic heterocycles. The Morgan fingerprint density at radius 3 is 2.87 bits per heavy atom. The molecule has 0 spiro atoms. The average molecular weight is 352 g/mol. The third-order valence-corrected chi connectivity index (χ3v) is 5.49. The van der Waals surface area contributed by atoms with Crippen LogP contribution < -0.4 is 9.46 Å². The molecule has 0 fully saturated rings. The van der Waals surface area contributed by atoms with E-state index in [1.807, 2.05) is 32.0 Å². The van der Waals surface area contributed by atoms with Crippen LogP contribution >= 0.6 is 11.3 Å². The first-order valence-corrected chi connectivity index (χ1v) is 9.40. The summed E-state index contributed by atoms with van der Waals surface area (Å²) in [6.45, 7) is 4.98. The van der Waals surface area contributed by atoms with Crippen molar-refractivity contribution in [2.45, 2.75) is 25.3 Å². The minimum absolute atomic E-state index is 0.119. The zero-order valence-corrected chi connectivity index (χ0v) is 14.3. The van der Waals surface area contributed by atoms with Crippen molar-refractivity contribution in [2.75, 3.05) is 11.3 Å². The van der Waals surface area contributed by atoms with Crippen LogP contribution in [0, 0.1) is 0 Å². The van der Waals surface area contributed by atoms with E-state index in [1.165, 1.54) is 23.7 Å². The molecule has 0 bridgehead atoms. The highest BCUT2D eigenvalue weighted by Gasteiger charge is 2.18. The van der Waals surface area contributed by atoms with Gasteiger partial charge in [-0.05, 0) is 32.0 Å². The molecule has 0 amide bonds. The van der Waals surface area contributed by atoms with E-state index in [4.69, 9.17) is 4.74 Å². The lowest BCUT2D eigenvalue weighted by Crippen LogP contribution is -2.12. The van der Waals surface area contributed by atoms with Gasteiger partial charge in [-0.15, -0.1) is 0 Å². The van der Waals surface area contributed by atoms with Crippen molar-refractivity contribution < 1.29 is 13.2 Å². The number of aryl methyl sites for hydroxylation is 1. The van der Waals surface area contributed by atoms with E-state index in [-0.39, 0.29) is 4.90 Å². The van der Waals surface area contributed by atoms with Crippen LogP contribution in [0.3, 0.4) is 0 Å². The van der Waals surface area contributed by atoms with E-state index in [1.54, 1.807) is 4.68 Å². The summed E-state index contributed by atoms with van der Waals surface area (Å²) in [5, 5.41) is 4.30. The molecule has 0 saturated carbocycles. The van der Waals surface area contributed by atoms with Gasteiger partial charge in [0, 0.05) is 12.7 Å². The Balaban J connectivity index is 1.88. The summed E-state index contributed by atoms with van der Waals surface area (Å²) in [5.41, 5.74) is 0.723. The van der Waals surface area contributed by atoms with Crippen molar-refractivity contribution in [3.05, 3.63) is 30.6 Å². The van der Waals surface area contributed by atoms with Gasteiger partial charge in [-0.3, -0.25) is 9.40 Å². The number of thiazole rings is 1. The molecule has 9 heteroatoms. The number of hydrogen-bond donors (Lipinski definition) is 1. The van der Waals surface area contributed by atoms with Gasteiger partial charge in [0.1, 0.15) is 10.6 Å². The highest BCUT2D eigenvalue weighted by molar-refractivity contribution is 7.93. The summed E-state index contributed by atoms with van der Waals surface area (Å²) < 4.78 is 35.1. The summed E-state index contributed by atoms with van der Waals surface area (Å²) in [4.78, 5) is 4.42. The van der Waals surface area contributed by atoms with Gasteiger partial charge in [-0.2, -0.15) is 5.10 Å². The molecule has 0 aliphatic rings. The molecule has 1 aromatic carbocycles. The fourth-order valence-electron chi connectivity index (χ4n) is 2.04. The number of fused-ring (bicyclic) bond motifs is 1. The second-order valence-corrected chi connectivity index (χ2v) is 7.43. The number of nitrogens with zero attached hydrogens (tertiary/aromatic N) is 3. The zero-order valence-electron chi connectivity index (χ0n) is 12.7. The SMILES string of the molecule is CCOc1ccc2nc(NS(=O)(=O)c3cnn(CC)c3)sc2c1. The van der Waals surface area contributed by atoms with Crippen LogP contribution in [0.15, 0.2) is 35.5 Å². The number of anilines is 1. The molecule has 0 atom stereocenters. The summed E-state index contributed by atoms with van der Waals surface area (Å²) in [6, 6.07) is 5.47. The van der Waals surface area contributed by atoms with Crippen LogP contribution in [0.25, 0.3) is 10.2 Å². The van der Waals surface area contributed by atoms with Crippen LogP contribution in [-0.2, 0) is 16.6 Å². The normalized spacial score (nSPS) is 11.7. The molecule has 0 aliphatic carbocycles. The Labute approximate surface area is 138 Å². The summed E-state index contributed by atoms with van der Waals surface area (Å²) >= 11 is 1.26. The van der Waals surface area contributed by atoms with E-state index in [2.05, 4.69) is 14.8 Å². The maximum Gasteiger partial charge on any atom is 0.266 e. The lowest BCUT2D eigenvalue weighted by Gasteiger charge is -2.01. The van der Waals surface area contributed by atoms with Crippen molar-refractivity contribution >= 4 is 36.7 Å². The van der Waals surface area contributed by atoms with Crippen LogP contribution in [0.2, 0.25) is 0 Å². The molecule has 0 unspecified atom stereocenters. The van der Waals surface area contributed by atoms with Gasteiger partial charge < -0.3 is 4.74 Å². The Hall–Kier alpha value is -2.13. The van der Waals surface area contributed by atoms with Gasteiger partial charge in [0.05, 0.1) is 23.0 Å². The summed E-state index contributed by atoms with van der Waals surface area (Å²) in [6.07, 6.45) is 2.81. The second-order valence-electron chi connectivity index (χ2n) is 4.72. The minimum atomic E-state index is -3.69. The molecule has 0 saturated heterocycles. The molecule has 23 heavy (non-hydrogen) atoms. The zero-order chi connectivity index (χ0) is 16.4. The van der Waals surface area contributed by atoms with Crippen LogP contribution in [0.4, 0.5) is 5.13 Å². The predicted octanol–water partition coefficient (Wildman–Crippen LogP) is 2.71. The van der Waals surface area contributed by atoms with Crippen molar-refractivity contribution in [2.24, 2.45) is 0 Å².